The molecule has 7 nitrogen and oxygen atoms in total. The maximum Gasteiger partial charge on any atom is 0.327 e. The Bertz CT molecular complexity index is 665. The summed E-state index contributed by atoms with van der Waals surface area (Å²) in [5, 5.41) is 15.6. The van der Waals surface area contributed by atoms with Crippen LogP contribution in [0.3, 0.4) is 0 Å². The van der Waals surface area contributed by atoms with Crippen molar-refractivity contribution in [1.29, 1.82) is 0 Å². The standard InChI is InChI=1S/C14H15N3O4S/c1-20-11-4-2-10(3-5-11)17-12(14(19)21-15-17)13(18)16-6-8-22-9-7-16/h2-5H,6-9H2,1H3. The van der Waals surface area contributed by atoms with Gasteiger partial charge in [-0.05, 0) is 16.8 Å². The molecule has 22 heavy (non-hydrogen) atoms. The summed E-state index contributed by atoms with van der Waals surface area (Å²) in [6.45, 7) is 1.24. The predicted molar refractivity (Wildman–Crippen MR) is 77.3 cm³/mol. The first-order chi connectivity index (χ1) is 10.7. The number of rotatable bonds is 3. The quantitative estimate of drug-likeness (QED) is 0.752. The van der Waals surface area contributed by atoms with Crippen molar-refractivity contribution in [2.75, 3.05) is 31.7 Å². The minimum atomic E-state index is -0.723. The predicted octanol–water partition coefficient (Wildman–Crippen LogP) is 0.222. The number of hydrogen-bond acceptors (Lipinski definition) is 6. The van der Waals surface area contributed by atoms with Gasteiger partial charge in [0.15, 0.2) is 5.95 Å². The van der Waals surface area contributed by atoms with E-state index >= 15 is 0 Å². The zero-order valence-electron chi connectivity index (χ0n) is 12.0. The Morgan fingerprint density at radius 2 is 2.05 bits per heavy atom. The highest BCUT2D eigenvalue weighted by Gasteiger charge is 2.32. The lowest BCUT2D eigenvalue weighted by atomic mass is 10.3. The Morgan fingerprint density at radius 3 is 2.68 bits per heavy atom. The van der Waals surface area contributed by atoms with Gasteiger partial charge in [-0.25, -0.2) is 0 Å². The van der Waals surface area contributed by atoms with Gasteiger partial charge in [0, 0.05) is 36.7 Å². The first-order valence-corrected chi connectivity index (χ1v) is 7.96. The van der Waals surface area contributed by atoms with Gasteiger partial charge in [0.05, 0.1) is 12.4 Å². The third-order valence-corrected chi connectivity index (χ3v) is 4.37. The summed E-state index contributed by atoms with van der Waals surface area (Å²) in [4.78, 5) is 14.2. The van der Waals surface area contributed by atoms with Gasteiger partial charge in [-0.3, -0.25) is 4.79 Å². The van der Waals surface area contributed by atoms with Gasteiger partial charge in [-0.15, -0.1) is 0 Å². The minimum Gasteiger partial charge on any atom is -0.538 e. The van der Waals surface area contributed by atoms with Crippen molar-refractivity contribution >= 4 is 17.7 Å². The van der Waals surface area contributed by atoms with Crippen LogP contribution in [0.5, 0.6) is 11.7 Å². The van der Waals surface area contributed by atoms with E-state index in [9.17, 15) is 9.90 Å². The average Bonchev–Trinajstić information content (AvgIpc) is 2.96. The molecule has 2 heterocycles. The highest BCUT2D eigenvalue weighted by molar-refractivity contribution is 7.99. The third-order valence-electron chi connectivity index (χ3n) is 3.43. The molecule has 8 heteroatoms. The van der Waals surface area contributed by atoms with Crippen LogP contribution >= 0.6 is 11.8 Å². The van der Waals surface area contributed by atoms with Crippen molar-refractivity contribution < 1.29 is 23.8 Å². The lowest BCUT2D eigenvalue weighted by Gasteiger charge is -2.24. The van der Waals surface area contributed by atoms with Gasteiger partial charge in [-0.2, -0.15) is 11.8 Å². The fourth-order valence-electron chi connectivity index (χ4n) is 2.24. The van der Waals surface area contributed by atoms with Crippen molar-refractivity contribution in [3.63, 3.8) is 0 Å². The van der Waals surface area contributed by atoms with E-state index in [1.54, 1.807) is 48.0 Å². The normalized spacial score (nSPS) is 14.9. The number of amides is 1. The highest BCUT2D eigenvalue weighted by atomic mass is 32.2. The van der Waals surface area contributed by atoms with E-state index < -0.39 is 5.95 Å². The number of hydrogen-bond donors (Lipinski definition) is 0. The summed E-state index contributed by atoms with van der Waals surface area (Å²) in [5.41, 5.74) is 0.499. The molecule has 2 aromatic rings. The number of ether oxygens (including phenoxy) is 1. The average molecular weight is 321 g/mol. The molecule has 116 valence electrons. The minimum absolute atomic E-state index is 0.0722. The van der Waals surface area contributed by atoms with Crippen molar-refractivity contribution in [3.8, 4) is 17.4 Å². The maximum absolute atomic E-state index is 12.6. The van der Waals surface area contributed by atoms with Gasteiger partial charge in [0.2, 0.25) is 5.69 Å². The summed E-state index contributed by atoms with van der Waals surface area (Å²) in [6, 6.07) is 6.88. The number of carbonyl (C=O) groups excluding carboxylic acids is 1. The third kappa shape index (κ3) is 2.74. The van der Waals surface area contributed by atoms with E-state index in [1.165, 1.54) is 4.68 Å². The zero-order chi connectivity index (χ0) is 15.5. The molecule has 0 bridgehead atoms. The second-order valence-corrected chi connectivity index (χ2v) is 5.95. The molecule has 1 aromatic carbocycles. The fraction of sp³-hybridized carbons (Fsp3) is 0.357. The first kappa shape index (κ1) is 14.7. The number of nitrogens with zero attached hydrogens (tertiary/aromatic N) is 3. The molecule has 1 fully saturated rings. The van der Waals surface area contributed by atoms with Crippen LogP contribution in [0.25, 0.3) is 5.69 Å². The molecule has 1 aliphatic heterocycles. The van der Waals surface area contributed by atoms with Crippen LogP contribution in [0.4, 0.5) is 0 Å². The van der Waals surface area contributed by atoms with E-state index in [4.69, 9.17) is 9.26 Å². The van der Waals surface area contributed by atoms with Gasteiger partial charge >= 0.3 is 11.6 Å². The number of methoxy groups -OCH3 is 1. The summed E-state index contributed by atoms with van der Waals surface area (Å²) in [6.07, 6.45) is 0. The summed E-state index contributed by atoms with van der Waals surface area (Å²) >= 11 is 1.79. The summed E-state index contributed by atoms with van der Waals surface area (Å²) < 4.78 is 11.0. The smallest absolute Gasteiger partial charge is 0.327 e. The fourth-order valence-corrected chi connectivity index (χ4v) is 3.15. The van der Waals surface area contributed by atoms with E-state index in [2.05, 4.69) is 5.27 Å². The topological polar surface area (TPSA) is 82.5 Å². The highest BCUT2D eigenvalue weighted by Crippen LogP contribution is 2.18. The summed E-state index contributed by atoms with van der Waals surface area (Å²) in [5.74, 6) is 1.35. The van der Waals surface area contributed by atoms with Gasteiger partial charge in [-0.1, -0.05) is 0 Å². The lowest BCUT2D eigenvalue weighted by molar-refractivity contribution is -0.672. The molecule has 3 rings (SSSR count). The number of benzene rings is 1. The molecular formula is C14H15N3O4S. The van der Waals surface area contributed by atoms with Gasteiger partial charge in [0.25, 0.3) is 0 Å². The first-order valence-electron chi connectivity index (χ1n) is 6.81. The SMILES string of the molecule is COc1ccc(-[n+]2noc([O-])c2C(=O)N2CCSCC2)cc1. The van der Waals surface area contributed by atoms with Crippen LogP contribution in [0.15, 0.2) is 28.8 Å². The van der Waals surface area contributed by atoms with Crippen molar-refractivity contribution in [1.82, 2.24) is 10.2 Å². The Morgan fingerprint density at radius 1 is 1.36 bits per heavy atom. The second kappa shape index (κ2) is 6.27. The van der Waals surface area contributed by atoms with Crippen LogP contribution in [0, 0.1) is 0 Å². The molecule has 0 saturated carbocycles. The van der Waals surface area contributed by atoms with Crippen molar-refractivity contribution in [2.45, 2.75) is 0 Å². The Balaban J connectivity index is 1.94. The van der Waals surface area contributed by atoms with Crippen molar-refractivity contribution in [2.24, 2.45) is 0 Å². The number of carbonyl (C=O) groups is 1. The van der Waals surface area contributed by atoms with E-state index in [-0.39, 0.29) is 11.6 Å². The van der Waals surface area contributed by atoms with Crippen LogP contribution in [-0.4, -0.2) is 47.8 Å². The van der Waals surface area contributed by atoms with Gasteiger partial charge < -0.3 is 19.3 Å². The zero-order valence-corrected chi connectivity index (χ0v) is 12.8. The molecule has 0 spiro atoms. The van der Waals surface area contributed by atoms with Crippen LogP contribution in [0.2, 0.25) is 0 Å². The Hall–Kier alpha value is -2.22. The van der Waals surface area contributed by atoms with Gasteiger partial charge in [0.1, 0.15) is 5.75 Å². The molecule has 1 aromatic heterocycles. The van der Waals surface area contributed by atoms with E-state index in [1.807, 2.05) is 0 Å². The molecule has 0 unspecified atom stereocenters. The van der Waals surface area contributed by atoms with Crippen LogP contribution in [0.1, 0.15) is 10.5 Å². The molecule has 1 amide bonds. The second-order valence-electron chi connectivity index (χ2n) is 4.72. The van der Waals surface area contributed by atoms with Crippen LogP contribution < -0.4 is 14.5 Å². The molecule has 1 saturated heterocycles. The van der Waals surface area contributed by atoms with E-state index in [0.29, 0.717) is 24.5 Å². The molecule has 0 atom stereocenters. The molecular weight excluding hydrogens is 306 g/mol. The molecule has 0 N–H and O–H groups in total. The molecule has 0 aliphatic carbocycles. The largest absolute Gasteiger partial charge is 0.538 e. The number of aromatic nitrogens is 2. The van der Waals surface area contributed by atoms with E-state index in [0.717, 1.165) is 11.5 Å². The molecule has 0 radical (unpaired) electrons. The van der Waals surface area contributed by atoms with Crippen LogP contribution in [-0.2, 0) is 0 Å². The molecule has 1 aliphatic rings. The summed E-state index contributed by atoms with van der Waals surface area (Å²) in [7, 11) is 1.57. The number of thioether (sulfide) groups is 1. The lowest BCUT2D eigenvalue weighted by Crippen LogP contribution is -2.46. The Kier molecular flexibility index (Phi) is 4.19. The Labute approximate surface area is 131 Å². The van der Waals surface area contributed by atoms with Crippen molar-refractivity contribution in [3.05, 3.63) is 30.0 Å². The monoisotopic (exact) mass is 321 g/mol. The maximum atomic E-state index is 12.6.